The second-order valence-corrected chi connectivity index (χ2v) is 6.21. The van der Waals surface area contributed by atoms with E-state index in [9.17, 15) is 12.8 Å². The van der Waals surface area contributed by atoms with Crippen LogP contribution in [0.2, 0.25) is 0 Å². The Morgan fingerprint density at radius 1 is 1.26 bits per heavy atom. The number of sulfonamides is 1. The van der Waals surface area contributed by atoms with Crippen molar-refractivity contribution in [3.05, 3.63) is 60.9 Å². The van der Waals surface area contributed by atoms with Crippen LogP contribution in [0.4, 0.5) is 10.1 Å². The van der Waals surface area contributed by atoms with E-state index in [0.717, 1.165) is 6.07 Å². The SMILES string of the molecule is C=CCOc1cccc(NS(=O)(=O)c2ccc(OC)c(F)c2)c1. The van der Waals surface area contributed by atoms with Gasteiger partial charge in [0.25, 0.3) is 10.0 Å². The van der Waals surface area contributed by atoms with E-state index in [1.807, 2.05) is 0 Å². The maximum Gasteiger partial charge on any atom is 0.262 e. The van der Waals surface area contributed by atoms with Crippen molar-refractivity contribution < 1.29 is 22.3 Å². The molecule has 0 saturated carbocycles. The quantitative estimate of drug-likeness (QED) is 0.788. The molecule has 2 aromatic rings. The minimum absolute atomic E-state index is 0.0243. The molecule has 0 aliphatic carbocycles. The monoisotopic (exact) mass is 337 g/mol. The molecule has 7 heteroatoms. The van der Waals surface area contributed by atoms with Crippen LogP contribution in [-0.2, 0) is 10.0 Å². The molecule has 0 unspecified atom stereocenters. The lowest BCUT2D eigenvalue weighted by Crippen LogP contribution is -2.13. The predicted octanol–water partition coefficient (Wildman–Crippen LogP) is 3.20. The van der Waals surface area contributed by atoms with Crippen molar-refractivity contribution in [1.29, 1.82) is 0 Å². The summed E-state index contributed by atoms with van der Waals surface area (Å²) in [5, 5.41) is 0. The molecular weight excluding hydrogens is 321 g/mol. The molecule has 1 N–H and O–H groups in total. The van der Waals surface area contributed by atoms with Crippen molar-refractivity contribution in [3.8, 4) is 11.5 Å². The normalized spacial score (nSPS) is 10.9. The Morgan fingerprint density at radius 2 is 2.04 bits per heavy atom. The molecule has 0 aliphatic rings. The summed E-state index contributed by atoms with van der Waals surface area (Å²) in [7, 11) is -2.61. The third-order valence-corrected chi connectivity index (χ3v) is 4.27. The van der Waals surface area contributed by atoms with E-state index >= 15 is 0 Å². The minimum atomic E-state index is -3.92. The van der Waals surface area contributed by atoms with Crippen LogP contribution in [0.25, 0.3) is 0 Å². The molecule has 2 aromatic carbocycles. The topological polar surface area (TPSA) is 64.6 Å². The zero-order valence-electron chi connectivity index (χ0n) is 12.5. The van der Waals surface area contributed by atoms with Crippen molar-refractivity contribution in [2.75, 3.05) is 18.4 Å². The number of benzene rings is 2. The second kappa shape index (κ2) is 7.15. The van der Waals surface area contributed by atoms with Crippen molar-refractivity contribution in [2.45, 2.75) is 4.90 Å². The number of hydrogen-bond acceptors (Lipinski definition) is 4. The smallest absolute Gasteiger partial charge is 0.262 e. The molecule has 23 heavy (non-hydrogen) atoms. The number of methoxy groups -OCH3 is 1. The van der Waals surface area contributed by atoms with E-state index in [2.05, 4.69) is 11.3 Å². The summed E-state index contributed by atoms with van der Waals surface area (Å²) in [6.45, 7) is 3.84. The highest BCUT2D eigenvalue weighted by Crippen LogP contribution is 2.24. The fourth-order valence-electron chi connectivity index (χ4n) is 1.83. The summed E-state index contributed by atoms with van der Waals surface area (Å²) >= 11 is 0. The van der Waals surface area contributed by atoms with Crippen molar-refractivity contribution in [1.82, 2.24) is 0 Å². The van der Waals surface area contributed by atoms with Gasteiger partial charge in [-0.25, -0.2) is 12.8 Å². The van der Waals surface area contributed by atoms with Crippen LogP contribution in [-0.4, -0.2) is 22.1 Å². The minimum Gasteiger partial charge on any atom is -0.494 e. The van der Waals surface area contributed by atoms with Gasteiger partial charge in [0.05, 0.1) is 17.7 Å². The highest BCUT2D eigenvalue weighted by Gasteiger charge is 2.17. The molecule has 0 bridgehead atoms. The van der Waals surface area contributed by atoms with Crippen LogP contribution in [0.5, 0.6) is 11.5 Å². The Hall–Kier alpha value is -2.54. The maximum absolute atomic E-state index is 13.7. The summed E-state index contributed by atoms with van der Waals surface area (Å²) in [4.78, 5) is -0.201. The van der Waals surface area contributed by atoms with Crippen molar-refractivity contribution in [2.24, 2.45) is 0 Å². The third kappa shape index (κ3) is 4.23. The fourth-order valence-corrected chi connectivity index (χ4v) is 2.89. The number of halogens is 1. The Bertz CT molecular complexity index is 805. The van der Waals surface area contributed by atoms with Gasteiger partial charge in [-0.15, -0.1) is 0 Å². The first kappa shape index (κ1) is 16.8. The molecule has 0 spiro atoms. The first-order valence-corrected chi connectivity index (χ1v) is 8.14. The molecule has 5 nitrogen and oxygen atoms in total. The van der Waals surface area contributed by atoms with E-state index in [4.69, 9.17) is 9.47 Å². The molecule has 122 valence electrons. The van der Waals surface area contributed by atoms with Crippen molar-refractivity contribution >= 4 is 15.7 Å². The Balaban J connectivity index is 2.24. The van der Waals surface area contributed by atoms with Gasteiger partial charge < -0.3 is 9.47 Å². The number of anilines is 1. The lowest BCUT2D eigenvalue weighted by Gasteiger charge is -2.11. The summed E-state index contributed by atoms with van der Waals surface area (Å²) in [5.41, 5.74) is 0.308. The number of nitrogens with one attached hydrogen (secondary N) is 1. The van der Waals surface area contributed by atoms with E-state index < -0.39 is 15.8 Å². The number of hydrogen-bond donors (Lipinski definition) is 1. The molecule has 0 aromatic heterocycles. The summed E-state index contributed by atoms with van der Waals surface area (Å²) in [6, 6.07) is 9.85. The standard InChI is InChI=1S/C16H16FNO4S/c1-3-9-22-13-6-4-5-12(10-13)18-23(19,20)14-7-8-16(21-2)15(17)11-14/h3-8,10-11,18H,1,9H2,2H3. The Labute approximate surface area is 134 Å². The van der Waals surface area contributed by atoms with Gasteiger partial charge in [-0.1, -0.05) is 18.7 Å². The largest absolute Gasteiger partial charge is 0.494 e. The first-order valence-electron chi connectivity index (χ1n) is 6.66. The van der Waals surface area contributed by atoms with Gasteiger partial charge in [0.2, 0.25) is 0 Å². The molecule has 0 amide bonds. The zero-order chi connectivity index (χ0) is 16.9. The molecule has 0 heterocycles. The van der Waals surface area contributed by atoms with Gasteiger partial charge in [0.15, 0.2) is 11.6 Å². The highest BCUT2D eigenvalue weighted by molar-refractivity contribution is 7.92. The summed E-state index contributed by atoms with van der Waals surface area (Å²) < 4.78 is 50.8. The van der Waals surface area contributed by atoms with E-state index in [1.165, 1.54) is 25.3 Å². The van der Waals surface area contributed by atoms with Gasteiger partial charge in [-0.2, -0.15) is 0 Å². The molecule has 0 atom stereocenters. The number of ether oxygens (including phenoxy) is 2. The van der Waals surface area contributed by atoms with Crippen LogP contribution in [0.3, 0.4) is 0 Å². The predicted molar refractivity (Wildman–Crippen MR) is 85.9 cm³/mol. The Kier molecular flexibility index (Phi) is 5.23. The molecular formula is C16H16FNO4S. The molecule has 0 fully saturated rings. The van der Waals surface area contributed by atoms with Crippen LogP contribution < -0.4 is 14.2 Å². The maximum atomic E-state index is 13.7. The molecule has 0 radical (unpaired) electrons. The van der Waals surface area contributed by atoms with Crippen molar-refractivity contribution in [3.63, 3.8) is 0 Å². The average Bonchev–Trinajstić information content (AvgIpc) is 2.52. The van der Waals surface area contributed by atoms with Gasteiger partial charge >= 0.3 is 0 Å². The van der Waals surface area contributed by atoms with Gasteiger partial charge in [-0.05, 0) is 30.3 Å². The average molecular weight is 337 g/mol. The molecule has 2 rings (SSSR count). The second-order valence-electron chi connectivity index (χ2n) is 4.53. The number of rotatable bonds is 7. The lowest BCUT2D eigenvalue weighted by molar-refractivity contribution is 0.363. The first-order chi connectivity index (χ1) is 11.0. The molecule has 0 saturated heterocycles. The van der Waals surface area contributed by atoms with Gasteiger partial charge in [-0.3, -0.25) is 4.72 Å². The van der Waals surface area contributed by atoms with E-state index in [0.29, 0.717) is 18.0 Å². The van der Waals surface area contributed by atoms with Crippen LogP contribution in [0.1, 0.15) is 0 Å². The third-order valence-electron chi connectivity index (χ3n) is 2.89. The fraction of sp³-hybridized carbons (Fsp3) is 0.125. The van der Waals surface area contributed by atoms with Gasteiger partial charge in [0.1, 0.15) is 12.4 Å². The van der Waals surface area contributed by atoms with Gasteiger partial charge in [0, 0.05) is 6.07 Å². The van der Waals surface area contributed by atoms with E-state index in [-0.39, 0.29) is 10.6 Å². The lowest BCUT2D eigenvalue weighted by atomic mass is 10.3. The summed E-state index contributed by atoms with van der Waals surface area (Å²) in [6.07, 6.45) is 1.58. The highest BCUT2D eigenvalue weighted by atomic mass is 32.2. The van der Waals surface area contributed by atoms with E-state index in [1.54, 1.807) is 24.3 Å². The summed E-state index contributed by atoms with van der Waals surface area (Å²) in [5.74, 6) is -0.284. The zero-order valence-corrected chi connectivity index (χ0v) is 13.3. The molecule has 0 aliphatic heterocycles. The van der Waals surface area contributed by atoms with Crippen LogP contribution >= 0.6 is 0 Å². The van der Waals surface area contributed by atoms with Crippen LogP contribution in [0, 0.1) is 5.82 Å². The Morgan fingerprint density at radius 3 is 2.70 bits per heavy atom. The van der Waals surface area contributed by atoms with Crippen LogP contribution in [0.15, 0.2) is 60.0 Å².